The van der Waals surface area contributed by atoms with E-state index in [0.29, 0.717) is 41.3 Å². The highest BCUT2D eigenvalue weighted by molar-refractivity contribution is 7.12. The summed E-state index contributed by atoms with van der Waals surface area (Å²) in [7, 11) is 0. The molecule has 0 bridgehead atoms. The van der Waals surface area contributed by atoms with Crippen molar-refractivity contribution in [2.24, 2.45) is 0 Å². The highest BCUT2D eigenvalue weighted by Crippen LogP contribution is 2.31. The summed E-state index contributed by atoms with van der Waals surface area (Å²) < 4.78 is 41.7. The standard InChI is InChI=1S/C24H22F3N3O3S/c1-16-8-9-20(19(13-16)28-22(31)21-7-3-12-34-21)30-11-4-10-29(23(30)32)15-17-5-2-6-18(14-17)33-24(25,26)27/h2-3,5-9,12-14H,4,10-11,15H2,1H3,(H,28,31). The summed E-state index contributed by atoms with van der Waals surface area (Å²) in [5, 5.41) is 4.71. The van der Waals surface area contributed by atoms with Gasteiger partial charge < -0.3 is 15.0 Å². The summed E-state index contributed by atoms with van der Waals surface area (Å²) in [6, 6.07) is 14.3. The van der Waals surface area contributed by atoms with Gasteiger partial charge in [0.15, 0.2) is 0 Å². The number of amides is 3. The van der Waals surface area contributed by atoms with Crippen LogP contribution in [0.4, 0.5) is 29.3 Å². The lowest BCUT2D eigenvalue weighted by Gasteiger charge is -2.36. The number of rotatable bonds is 6. The highest BCUT2D eigenvalue weighted by atomic mass is 32.1. The zero-order valence-electron chi connectivity index (χ0n) is 18.3. The molecule has 0 radical (unpaired) electrons. The molecule has 1 fully saturated rings. The van der Waals surface area contributed by atoms with Crippen LogP contribution in [0.5, 0.6) is 5.75 Å². The maximum absolute atomic E-state index is 13.3. The number of anilines is 2. The second kappa shape index (κ2) is 9.76. The number of nitrogens with zero attached hydrogens (tertiary/aromatic N) is 2. The number of carbonyl (C=O) groups excluding carboxylic acids is 2. The summed E-state index contributed by atoms with van der Waals surface area (Å²) in [5.41, 5.74) is 2.54. The summed E-state index contributed by atoms with van der Waals surface area (Å²) >= 11 is 1.32. The summed E-state index contributed by atoms with van der Waals surface area (Å²) in [6.07, 6.45) is -4.12. The van der Waals surface area contributed by atoms with Crippen molar-refractivity contribution in [1.29, 1.82) is 0 Å². The lowest BCUT2D eigenvalue weighted by atomic mass is 10.1. The molecule has 1 aliphatic rings. The lowest BCUT2D eigenvalue weighted by Crippen LogP contribution is -2.49. The van der Waals surface area contributed by atoms with E-state index in [2.05, 4.69) is 10.1 Å². The fraction of sp³-hybridized carbons (Fsp3) is 0.250. The van der Waals surface area contributed by atoms with Gasteiger partial charge in [0.2, 0.25) is 0 Å². The number of alkyl halides is 3. The third-order valence-corrected chi connectivity index (χ3v) is 6.12. The molecule has 0 spiro atoms. The van der Waals surface area contributed by atoms with Crippen molar-refractivity contribution < 1.29 is 27.5 Å². The first-order valence-electron chi connectivity index (χ1n) is 10.6. The smallest absolute Gasteiger partial charge is 0.406 e. The van der Waals surface area contributed by atoms with E-state index in [4.69, 9.17) is 0 Å². The van der Waals surface area contributed by atoms with Crippen LogP contribution in [0.25, 0.3) is 0 Å². The maximum atomic E-state index is 13.3. The minimum atomic E-state index is -4.79. The average Bonchev–Trinajstić information content (AvgIpc) is 3.30. The molecule has 1 aliphatic heterocycles. The number of nitrogens with one attached hydrogen (secondary N) is 1. The Balaban J connectivity index is 1.53. The predicted molar refractivity (Wildman–Crippen MR) is 124 cm³/mol. The van der Waals surface area contributed by atoms with E-state index < -0.39 is 6.36 Å². The summed E-state index contributed by atoms with van der Waals surface area (Å²) in [4.78, 5) is 29.7. The third kappa shape index (κ3) is 5.69. The van der Waals surface area contributed by atoms with Crippen molar-refractivity contribution >= 4 is 34.6 Å². The minimum Gasteiger partial charge on any atom is -0.406 e. The van der Waals surface area contributed by atoms with Gasteiger partial charge in [0, 0.05) is 19.6 Å². The second-order valence-corrected chi connectivity index (χ2v) is 8.80. The zero-order chi connectivity index (χ0) is 24.3. The van der Waals surface area contributed by atoms with Gasteiger partial charge in [-0.15, -0.1) is 24.5 Å². The van der Waals surface area contributed by atoms with Crippen molar-refractivity contribution in [2.45, 2.75) is 26.3 Å². The molecule has 4 rings (SSSR count). The molecular weight excluding hydrogens is 467 g/mol. The van der Waals surface area contributed by atoms with Gasteiger partial charge >= 0.3 is 12.4 Å². The molecule has 1 N–H and O–H groups in total. The van der Waals surface area contributed by atoms with Crippen molar-refractivity contribution in [3.63, 3.8) is 0 Å². The van der Waals surface area contributed by atoms with Crippen LogP contribution in [-0.2, 0) is 6.54 Å². The van der Waals surface area contributed by atoms with Gasteiger partial charge in [0.05, 0.1) is 16.3 Å². The van der Waals surface area contributed by atoms with Gasteiger partial charge in [-0.2, -0.15) is 0 Å². The molecule has 34 heavy (non-hydrogen) atoms. The second-order valence-electron chi connectivity index (χ2n) is 7.86. The topological polar surface area (TPSA) is 61.9 Å². The zero-order valence-corrected chi connectivity index (χ0v) is 19.1. The number of hydrogen-bond acceptors (Lipinski definition) is 4. The van der Waals surface area contributed by atoms with Crippen molar-refractivity contribution in [3.05, 3.63) is 76.0 Å². The van der Waals surface area contributed by atoms with Gasteiger partial charge in [-0.1, -0.05) is 24.3 Å². The van der Waals surface area contributed by atoms with Crippen LogP contribution in [0.15, 0.2) is 60.0 Å². The van der Waals surface area contributed by atoms with Crippen molar-refractivity contribution in [2.75, 3.05) is 23.3 Å². The van der Waals surface area contributed by atoms with E-state index >= 15 is 0 Å². The van der Waals surface area contributed by atoms with Crippen molar-refractivity contribution in [3.8, 4) is 5.75 Å². The molecule has 0 aliphatic carbocycles. The molecule has 0 saturated carbocycles. The molecule has 3 amide bonds. The Kier molecular flexibility index (Phi) is 6.78. The first-order chi connectivity index (χ1) is 16.2. The predicted octanol–water partition coefficient (Wildman–Crippen LogP) is 6.04. The lowest BCUT2D eigenvalue weighted by molar-refractivity contribution is -0.274. The molecule has 1 saturated heterocycles. The number of ether oxygens (including phenoxy) is 1. The van der Waals surface area contributed by atoms with E-state index in [9.17, 15) is 22.8 Å². The Bertz CT molecular complexity index is 1180. The Morgan fingerprint density at radius 3 is 2.68 bits per heavy atom. The third-order valence-electron chi connectivity index (χ3n) is 5.25. The number of aryl methyl sites for hydroxylation is 1. The van der Waals surface area contributed by atoms with Gasteiger partial charge in [-0.25, -0.2) is 4.79 Å². The monoisotopic (exact) mass is 489 g/mol. The Labute approximate surface area is 198 Å². The van der Waals surface area contributed by atoms with Crippen LogP contribution in [0.1, 0.15) is 27.2 Å². The average molecular weight is 490 g/mol. The maximum Gasteiger partial charge on any atom is 0.573 e. The largest absolute Gasteiger partial charge is 0.573 e. The number of carbonyl (C=O) groups is 2. The van der Waals surface area contributed by atoms with E-state index in [1.54, 1.807) is 34.1 Å². The fourth-order valence-corrected chi connectivity index (χ4v) is 4.41. The molecule has 0 unspecified atom stereocenters. The molecule has 2 heterocycles. The normalized spacial score (nSPS) is 14.3. The summed E-state index contributed by atoms with van der Waals surface area (Å²) in [5.74, 6) is -0.590. The van der Waals surface area contributed by atoms with Gasteiger partial charge in [0.25, 0.3) is 5.91 Å². The molecule has 2 aromatic carbocycles. The van der Waals surface area contributed by atoms with Crippen LogP contribution in [0, 0.1) is 6.92 Å². The van der Waals surface area contributed by atoms with E-state index in [1.807, 2.05) is 24.4 Å². The first kappa shape index (κ1) is 23.6. The van der Waals surface area contributed by atoms with Crippen LogP contribution < -0.4 is 15.0 Å². The van der Waals surface area contributed by atoms with Crippen molar-refractivity contribution in [1.82, 2.24) is 4.90 Å². The molecule has 10 heteroatoms. The van der Waals surface area contributed by atoms with Crippen LogP contribution in [0.2, 0.25) is 0 Å². The number of halogens is 3. The molecule has 0 atom stereocenters. The van der Waals surface area contributed by atoms with Crippen LogP contribution in [-0.4, -0.2) is 36.3 Å². The minimum absolute atomic E-state index is 0.132. The van der Waals surface area contributed by atoms with Gasteiger partial charge in [-0.3, -0.25) is 9.69 Å². The van der Waals surface area contributed by atoms with Gasteiger partial charge in [-0.05, 0) is 60.2 Å². The Hall–Kier alpha value is -3.53. The Morgan fingerprint density at radius 2 is 1.94 bits per heavy atom. The van der Waals surface area contributed by atoms with Crippen LogP contribution >= 0.6 is 11.3 Å². The molecule has 6 nitrogen and oxygen atoms in total. The number of thiophene rings is 1. The molecular formula is C24H22F3N3O3S. The van der Waals surface area contributed by atoms with E-state index in [0.717, 1.165) is 5.56 Å². The Morgan fingerprint density at radius 1 is 1.12 bits per heavy atom. The molecule has 178 valence electrons. The highest BCUT2D eigenvalue weighted by Gasteiger charge is 2.32. The molecule has 1 aromatic heterocycles. The SMILES string of the molecule is Cc1ccc(N2CCCN(Cc3cccc(OC(F)(F)F)c3)C2=O)c(NC(=O)c2cccs2)c1. The van der Waals surface area contributed by atoms with E-state index in [1.165, 1.54) is 29.5 Å². The fourth-order valence-electron chi connectivity index (χ4n) is 3.79. The number of hydrogen-bond donors (Lipinski definition) is 1. The quantitative estimate of drug-likeness (QED) is 0.459. The number of benzene rings is 2. The van der Waals surface area contributed by atoms with E-state index in [-0.39, 0.29) is 24.2 Å². The summed E-state index contributed by atoms with van der Waals surface area (Å²) in [6.45, 7) is 2.94. The first-order valence-corrected chi connectivity index (χ1v) is 11.4. The number of urea groups is 1. The van der Waals surface area contributed by atoms with Gasteiger partial charge in [0.1, 0.15) is 5.75 Å². The molecule has 3 aromatic rings. The van der Waals surface area contributed by atoms with Crippen LogP contribution in [0.3, 0.4) is 0 Å².